The van der Waals surface area contributed by atoms with Crippen LogP contribution in [0.2, 0.25) is 5.02 Å². The molecule has 0 saturated carbocycles. The van der Waals surface area contributed by atoms with Gasteiger partial charge in [0.2, 0.25) is 0 Å². The van der Waals surface area contributed by atoms with E-state index in [1.807, 2.05) is 12.1 Å². The van der Waals surface area contributed by atoms with Crippen LogP contribution in [0, 0.1) is 0 Å². The molecular weight excluding hydrogens is 266 g/mol. The summed E-state index contributed by atoms with van der Waals surface area (Å²) in [7, 11) is 0. The Morgan fingerprint density at radius 3 is 2.56 bits per heavy atom. The fraction of sp³-hybridized carbons (Fsp3) is 0.462. The zero-order chi connectivity index (χ0) is 13.5. The number of hydrogen-bond acceptors (Lipinski definition) is 3. The van der Waals surface area contributed by atoms with Crippen molar-refractivity contribution in [3.05, 3.63) is 28.8 Å². The Labute approximate surface area is 119 Å². The maximum atomic E-state index is 6.17. The van der Waals surface area contributed by atoms with E-state index < -0.39 is 0 Å². The fourth-order valence-electron chi connectivity index (χ4n) is 1.70. The maximum Gasteiger partial charge on any atom is 0.104 e. The van der Waals surface area contributed by atoms with Gasteiger partial charge in [-0.15, -0.1) is 0 Å². The minimum absolute atomic E-state index is 0.367. The average Bonchev–Trinajstić information content (AvgIpc) is 2.36. The van der Waals surface area contributed by atoms with Crippen LogP contribution in [0.3, 0.4) is 0 Å². The van der Waals surface area contributed by atoms with Gasteiger partial charge in [-0.2, -0.15) is 0 Å². The molecule has 0 aliphatic carbocycles. The van der Waals surface area contributed by atoms with E-state index >= 15 is 0 Å². The molecule has 3 N–H and O–H groups in total. The van der Waals surface area contributed by atoms with E-state index in [-0.39, 0.29) is 0 Å². The summed E-state index contributed by atoms with van der Waals surface area (Å²) in [6.45, 7) is 8.31. The van der Waals surface area contributed by atoms with E-state index in [9.17, 15) is 0 Å². The molecule has 1 aromatic rings. The zero-order valence-electron chi connectivity index (χ0n) is 10.9. The Kier molecular flexibility index (Phi) is 6.39. The molecule has 3 nitrogen and oxygen atoms in total. The molecular formula is C13H20ClN3S. The van der Waals surface area contributed by atoms with Crippen molar-refractivity contribution >= 4 is 34.5 Å². The van der Waals surface area contributed by atoms with E-state index in [1.54, 1.807) is 6.07 Å². The van der Waals surface area contributed by atoms with Crippen molar-refractivity contribution in [2.24, 2.45) is 5.73 Å². The van der Waals surface area contributed by atoms with E-state index in [0.717, 1.165) is 37.4 Å². The van der Waals surface area contributed by atoms with Crippen LogP contribution in [0.1, 0.15) is 19.4 Å². The van der Waals surface area contributed by atoms with E-state index in [1.165, 1.54) is 0 Å². The summed E-state index contributed by atoms with van der Waals surface area (Å²) in [5, 5.41) is 3.97. The largest absolute Gasteiger partial charge is 0.389 e. The first-order valence-corrected chi connectivity index (χ1v) is 6.92. The number of likely N-dealkylation sites (N-methyl/N-ethyl adjacent to an activating group) is 1. The minimum Gasteiger partial charge on any atom is -0.389 e. The van der Waals surface area contributed by atoms with Crippen LogP contribution >= 0.6 is 23.8 Å². The topological polar surface area (TPSA) is 41.3 Å². The van der Waals surface area contributed by atoms with Gasteiger partial charge in [0.1, 0.15) is 4.99 Å². The monoisotopic (exact) mass is 285 g/mol. The van der Waals surface area contributed by atoms with Crippen molar-refractivity contribution in [2.75, 3.05) is 31.5 Å². The van der Waals surface area contributed by atoms with Crippen LogP contribution in [-0.2, 0) is 0 Å². The van der Waals surface area contributed by atoms with Crippen molar-refractivity contribution in [3.8, 4) is 0 Å². The number of benzene rings is 1. The number of nitrogens with one attached hydrogen (secondary N) is 1. The first kappa shape index (κ1) is 15.2. The Morgan fingerprint density at radius 1 is 1.39 bits per heavy atom. The normalized spacial score (nSPS) is 10.7. The summed E-state index contributed by atoms with van der Waals surface area (Å²) in [5.41, 5.74) is 7.27. The lowest BCUT2D eigenvalue weighted by Gasteiger charge is -2.18. The second-order valence-electron chi connectivity index (χ2n) is 4.01. The second-order valence-corrected chi connectivity index (χ2v) is 4.86. The van der Waals surface area contributed by atoms with E-state index in [0.29, 0.717) is 10.0 Å². The first-order chi connectivity index (χ1) is 8.58. The van der Waals surface area contributed by atoms with Crippen molar-refractivity contribution in [3.63, 3.8) is 0 Å². The number of anilines is 1. The standard InChI is InChI=1S/C13H20ClN3S/c1-3-17(4-2)8-7-16-12-6-5-10(13(15)18)9-11(12)14/h5-6,9,16H,3-4,7-8H2,1-2H3,(H2,15,18). The molecule has 5 heteroatoms. The van der Waals surface area contributed by atoms with Gasteiger partial charge in [0.05, 0.1) is 10.7 Å². The van der Waals surface area contributed by atoms with Gasteiger partial charge in [-0.25, -0.2) is 0 Å². The van der Waals surface area contributed by atoms with Crippen LogP contribution in [0.15, 0.2) is 18.2 Å². The lowest BCUT2D eigenvalue weighted by Crippen LogP contribution is -2.28. The van der Waals surface area contributed by atoms with Crippen LogP contribution in [0.4, 0.5) is 5.69 Å². The molecule has 0 bridgehead atoms. The van der Waals surface area contributed by atoms with Gasteiger partial charge >= 0.3 is 0 Å². The summed E-state index contributed by atoms with van der Waals surface area (Å²) in [6.07, 6.45) is 0. The molecule has 18 heavy (non-hydrogen) atoms. The lowest BCUT2D eigenvalue weighted by atomic mass is 10.2. The molecule has 0 atom stereocenters. The molecule has 0 aliphatic rings. The minimum atomic E-state index is 0.367. The summed E-state index contributed by atoms with van der Waals surface area (Å²) >= 11 is 11.1. The molecule has 0 amide bonds. The molecule has 1 aromatic carbocycles. The quantitative estimate of drug-likeness (QED) is 0.756. The van der Waals surface area contributed by atoms with Crippen LogP contribution in [0.25, 0.3) is 0 Å². The van der Waals surface area contributed by atoms with Crippen LogP contribution in [-0.4, -0.2) is 36.1 Å². The molecule has 0 heterocycles. The summed E-state index contributed by atoms with van der Waals surface area (Å²) in [5.74, 6) is 0. The number of halogens is 1. The number of nitrogens with two attached hydrogens (primary N) is 1. The predicted molar refractivity (Wildman–Crippen MR) is 83.6 cm³/mol. The third kappa shape index (κ3) is 4.44. The molecule has 0 spiro atoms. The van der Waals surface area contributed by atoms with Crippen LogP contribution < -0.4 is 11.1 Å². The Bertz CT molecular complexity index is 405. The molecule has 0 saturated heterocycles. The second kappa shape index (κ2) is 7.56. The maximum absolute atomic E-state index is 6.17. The third-order valence-corrected chi connectivity index (χ3v) is 3.44. The Hall–Kier alpha value is -0.840. The molecule has 0 fully saturated rings. The summed E-state index contributed by atoms with van der Waals surface area (Å²) < 4.78 is 0. The first-order valence-electron chi connectivity index (χ1n) is 6.14. The van der Waals surface area contributed by atoms with Gasteiger partial charge in [0, 0.05) is 18.7 Å². The number of hydrogen-bond donors (Lipinski definition) is 2. The zero-order valence-corrected chi connectivity index (χ0v) is 12.4. The fourth-order valence-corrected chi connectivity index (χ4v) is 2.07. The highest BCUT2D eigenvalue weighted by Crippen LogP contribution is 2.22. The van der Waals surface area contributed by atoms with Crippen molar-refractivity contribution in [1.29, 1.82) is 0 Å². The van der Waals surface area contributed by atoms with Crippen molar-refractivity contribution in [2.45, 2.75) is 13.8 Å². The molecule has 0 aromatic heterocycles. The summed E-state index contributed by atoms with van der Waals surface area (Å²) in [4.78, 5) is 2.72. The number of thiocarbonyl (C=S) groups is 1. The lowest BCUT2D eigenvalue weighted by molar-refractivity contribution is 0.316. The third-order valence-electron chi connectivity index (χ3n) is 2.89. The molecule has 0 aliphatic heterocycles. The van der Waals surface area contributed by atoms with Gasteiger partial charge in [-0.3, -0.25) is 0 Å². The highest BCUT2D eigenvalue weighted by Gasteiger charge is 2.04. The predicted octanol–water partition coefficient (Wildman–Crippen LogP) is 2.73. The van der Waals surface area contributed by atoms with Gasteiger partial charge in [-0.05, 0) is 31.3 Å². The molecule has 1 rings (SSSR count). The Balaban J connectivity index is 2.55. The van der Waals surface area contributed by atoms with Gasteiger partial charge < -0.3 is 16.0 Å². The smallest absolute Gasteiger partial charge is 0.104 e. The number of rotatable bonds is 7. The molecule has 100 valence electrons. The number of nitrogens with zero attached hydrogens (tertiary/aromatic N) is 1. The van der Waals surface area contributed by atoms with Crippen LogP contribution in [0.5, 0.6) is 0 Å². The highest BCUT2D eigenvalue weighted by atomic mass is 35.5. The van der Waals surface area contributed by atoms with Crippen molar-refractivity contribution < 1.29 is 0 Å². The van der Waals surface area contributed by atoms with E-state index in [4.69, 9.17) is 29.6 Å². The van der Waals surface area contributed by atoms with E-state index in [2.05, 4.69) is 24.1 Å². The molecule has 0 radical (unpaired) electrons. The SMILES string of the molecule is CCN(CC)CCNc1ccc(C(N)=S)cc1Cl. The van der Waals surface area contributed by atoms with Gasteiger partial charge in [0.25, 0.3) is 0 Å². The van der Waals surface area contributed by atoms with Gasteiger partial charge in [0.15, 0.2) is 0 Å². The summed E-state index contributed by atoms with van der Waals surface area (Å²) in [6, 6.07) is 5.59. The highest BCUT2D eigenvalue weighted by molar-refractivity contribution is 7.80. The van der Waals surface area contributed by atoms with Crippen molar-refractivity contribution in [1.82, 2.24) is 4.90 Å². The average molecular weight is 286 g/mol. The molecule has 0 unspecified atom stereocenters. The van der Waals surface area contributed by atoms with Gasteiger partial charge in [-0.1, -0.05) is 37.7 Å². The Morgan fingerprint density at radius 2 is 2.06 bits per heavy atom.